The van der Waals surface area contributed by atoms with Gasteiger partial charge in [-0.2, -0.15) is 10.2 Å². The monoisotopic (exact) mass is 413 g/mol. The summed E-state index contributed by atoms with van der Waals surface area (Å²) in [7, 11) is 0. The van der Waals surface area contributed by atoms with Gasteiger partial charge in [0.15, 0.2) is 6.61 Å². The van der Waals surface area contributed by atoms with Crippen molar-refractivity contribution in [1.29, 1.82) is 5.26 Å². The van der Waals surface area contributed by atoms with Crippen LogP contribution >= 0.6 is 0 Å². The van der Waals surface area contributed by atoms with E-state index in [1.807, 2.05) is 65.6 Å². The number of nitrogens with zero attached hydrogens (tertiary/aromatic N) is 3. The zero-order valence-corrected chi connectivity index (χ0v) is 16.7. The molecular weight excluding hydrogens is 393 g/mol. The summed E-state index contributed by atoms with van der Waals surface area (Å²) in [6, 6.07) is 27.8. The number of aromatic nitrogens is 1. The summed E-state index contributed by atoms with van der Waals surface area (Å²) >= 11 is 0. The van der Waals surface area contributed by atoms with Gasteiger partial charge in [-0.15, -0.1) is 0 Å². The van der Waals surface area contributed by atoms with Crippen LogP contribution in [0.5, 0.6) is 5.75 Å². The van der Waals surface area contributed by atoms with Crippen LogP contribution in [0.15, 0.2) is 89.3 Å². The first-order valence-corrected chi connectivity index (χ1v) is 9.82. The molecule has 0 saturated carbocycles. The van der Waals surface area contributed by atoms with E-state index in [0.717, 1.165) is 11.1 Å². The van der Waals surface area contributed by atoms with E-state index >= 15 is 0 Å². The maximum absolute atomic E-state index is 13.1. The lowest BCUT2D eigenvalue weighted by Crippen LogP contribution is -2.22. The van der Waals surface area contributed by atoms with Gasteiger partial charge < -0.3 is 14.1 Å². The van der Waals surface area contributed by atoms with Gasteiger partial charge in [-0.3, -0.25) is 0 Å². The van der Waals surface area contributed by atoms with E-state index in [2.05, 4.69) is 11.1 Å². The lowest BCUT2D eigenvalue weighted by molar-refractivity contribution is 0.263. The Kier molecular flexibility index (Phi) is 6.24. The molecule has 0 aliphatic heterocycles. The quantitative estimate of drug-likeness (QED) is 0.383. The highest BCUT2D eigenvalue weighted by atomic mass is 19.1. The topological polar surface area (TPSA) is 62.3 Å². The number of hydrogen-bond donors (Lipinski definition) is 0. The Hall–Kier alpha value is -4.11. The van der Waals surface area contributed by atoms with Crippen molar-refractivity contribution in [3.8, 4) is 11.8 Å². The zero-order chi connectivity index (χ0) is 21.5. The van der Waals surface area contributed by atoms with Crippen molar-refractivity contribution < 1.29 is 13.5 Å². The molecule has 154 valence electrons. The molecule has 31 heavy (non-hydrogen) atoms. The van der Waals surface area contributed by atoms with Crippen molar-refractivity contribution in [1.82, 2.24) is 4.98 Å². The van der Waals surface area contributed by atoms with Gasteiger partial charge in [-0.1, -0.05) is 60.7 Å². The third kappa shape index (κ3) is 5.28. The van der Waals surface area contributed by atoms with Gasteiger partial charge in [0.1, 0.15) is 17.6 Å². The van der Waals surface area contributed by atoms with Crippen LogP contribution in [0.25, 0.3) is 0 Å². The van der Waals surface area contributed by atoms with E-state index in [-0.39, 0.29) is 24.0 Å². The standard InChI is InChI=1S/C25H20FN3O2/c26-21-11-13-22(14-12-21)30-18-24-28-23(15-27)25(31-24)29(16-19-7-3-1-4-8-19)17-20-9-5-2-6-10-20/h1-14H,16-18H2. The number of anilines is 1. The number of nitriles is 1. The van der Waals surface area contributed by atoms with Crippen molar-refractivity contribution in [3.05, 3.63) is 113 Å². The number of rotatable bonds is 8. The van der Waals surface area contributed by atoms with Crippen LogP contribution in [-0.4, -0.2) is 4.98 Å². The first-order chi connectivity index (χ1) is 15.2. The molecule has 5 nitrogen and oxygen atoms in total. The van der Waals surface area contributed by atoms with Crippen LogP contribution in [0.2, 0.25) is 0 Å². The van der Waals surface area contributed by atoms with E-state index in [1.54, 1.807) is 0 Å². The van der Waals surface area contributed by atoms with Gasteiger partial charge in [0.25, 0.3) is 0 Å². The van der Waals surface area contributed by atoms with Gasteiger partial charge >= 0.3 is 0 Å². The van der Waals surface area contributed by atoms with Crippen molar-refractivity contribution >= 4 is 5.88 Å². The predicted octanol–water partition coefficient (Wildman–Crippen LogP) is 5.47. The molecule has 4 aromatic rings. The van der Waals surface area contributed by atoms with E-state index in [0.29, 0.717) is 24.7 Å². The van der Waals surface area contributed by atoms with E-state index in [9.17, 15) is 9.65 Å². The van der Waals surface area contributed by atoms with Crippen LogP contribution in [0.4, 0.5) is 10.3 Å². The van der Waals surface area contributed by atoms with Gasteiger partial charge in [0.2, 0.25) is 17.5 Å². The highest BCUT2D eigenvalue weighted by molar-refractivity contribution is 5.49. The summed E-state index contributed by atoms with van der Waals surface area (Å²) in [6.45, 7) is 1.14. The van der Waals surface area contributed by atoms with E-state index in [4.69, 9.17) is 9.15 Å². The van der Waals surface area contributed by atoms with Crippen LogP contribution in [0, 0.1) is 17.1 Å². The zero-order valence-electron chi connectivity index (χ0n) is 16.7. The molecule has 0 amide bonds. The molecule has 0 fully saturated rings. The van der Waals surface area contributed by atoms with Gasteiger partial charge in [-0.05, 0) is 35.4 Å². The Morgan fingerprint density at radius 1 is 0.871 bits per heavy atom. The van der Waals surface area contributed by atoms with Crippen LogP contribution in [0.1, 0.15) is 22.7 Å². The third-order valence-corrected chi connectivity index (χ3v) is 4.66. The average molecular weight is 413 g/mol. The molecule has 0 bridgehead atoms. The van der Waals surface area contributed by atoms with Crippen LogP contribution in [0.3, 0.4) is 0 Å². The largest absolute Gasteiger partial charge is 0.484 e. The summed E-state index contributed by atoms with van der Waals surface area (Å²) in [4.78, 5) is 6.28. The minimum absolute atomic E-state index is 0.0326. The molecule has 0 spiro atoms. The molecule has 4 rings (SSSR count). The number of hydrogen-bond acceptors (Lipinski definition) is 5. The Balaban J connectivity index is 1.58. The first kappa shape index (κ1) is 20.2. The molecule has 6 heteroatoms. The first-order valence-electron chi connectivity index (χ1n) is 9.82. The maximum atomic E-state index is 13.1. The van der Waals surface area contributed by atoms with Crippen molar-refractivity contribution in [2.24, 2.45) is 0 Å². The molecule has 0 unspecified atom stereocenters. The van der Waals surface area contributed by atoms with E-state index in [1.165, 1.54) is 24.3 Å². The smallest absolute Gasteiger partial charge is 0.236 e. The molecule has 3 aromatic carbocycles. The molecule has 0 saturated heterocycles. The lowest BCUT2D eigenvalue weighted by atomic mass is 10.1. The number of halogens is 1. The van der Waals surface area contributed by atoms with Gasteiger partial charge in [0, 0.05) is 13.1 Å². The average Bonchev–Trinajstić information content (AvgIpc) is 3.23. The van der Waals surface area contributed by atoms with Crippen molar-refractivity contribution in [3.63, 3.8) is 0 Å². The molecule has 0 atom stereocenters. The summed E-state index contributed by atoms with van der Waals surface area (Å²) in [6.07, 6.45) is 0. The molecule has 0 radical (unpaired) electrons. The fraction of sp³-hybridized carbons (Fsp3) is 0.120. The second-order valence-corrected chi connectivity index (χ2v) is 6.94. The predicted molar refractivity (Wildman–Crippen MR) is 115 cm³/mol. The Morgan fingerprint density at radius 3 is 2.00 bits per heavy atom. The minimum Gasteiger partial charge on any atom is -0.484 e. The second kappa shape index (κ2) is 9.59. The number of oxazole rings is 1. The molecule has 0 N–H and O–H groups in total. The second-order valence-electron chi connectivity index (χ2n) is 6.94. The highest BCUT2D eigenvalue weighted by Crippen LogP contribution is 2.26. The Morgan fingerprint density at radius 2 is 1.45 bits per heavy atom. The SMILES string of the molecule is N#Cc1nc(COc2ccc(F)cc2)oc1N(Cc1ccccc1)Cc1ccccc1. The molecule has 1 heterocycles. The summed E-state index contributed by atoms with van der Waals surface area (Å²) in [5.41, 5.74) is 2.37. The number of ether oxygens (including phenoxy) is 1. The van der Waals surface area contributed by atoms with Gasteiger partial charge in [-0.25, -0.2) is 4.39 Å². The molecular formula is C25H20FN3O2. The lowest BCUT2D eigenvalue weighted by Gasteiger charge is -2.22. The number of benzene rings is 3. The summed E-state index contributed by atoms with van der Waals surface area (Å²) < 4.78 is 24.6. The maximum Gasteiger partial charge on any atom is 0.236 e. The van der Waals surface area contributed by atoms with E-state index < -0.39 is 0 Å². The molecule has 0 aliphatic rings. The van der Waals surface area contributed by atoms with Crippen LogP contribution < -0.4 is 9.64 Å². The van der Waals surface area contributed by atoms with Crippen molar-refractivity contribution in [2.45, 2.75) is 19.7 Å². The fourth-order valence-corrected chi connectivity index (χ4v) is 3.19. The normalized spacial score (nSPS) is 10.5. The highest BCUT2D eigenvalue weighted by Gasteiger charge is 2.21. The van der Waals surface area contributed by atoms with Crippen molar-refractivity contribution in [2.75, 3.05) is 4.90 Å². The minimum atomic E-state index is -0.338. The molecule has 0 aliphatic carbocycles. The van der Waals surface area contributed by atoms with Gasteiger partial charge in [0.05, 0.1) is 0 Å². The summed E-state index contributed by atoms with van der Waals surface area (Å²) in [5.74, 6) is 0.829. The Labute approximate surface area is 180 Å². The third-order valence-electron chi connectivity index (χ3n) is 4.66. The molecule has 1 aromatic heterocycles. The Bertz CT molecular complexity index is 1110. The fourth-order valence-electron chi connectivity index (χ4n) is 3.19. The van der Waals surface area contributed by atoms with Crippen LogP contribution in [-0.2, 0) is 19.7 Å². The summed E-state index contributed by atoms with van der Waals surface area (Å²) in [5, 5.41) is 9.65.